The van der Waals surface area contributed by atoms with E-state index in [1.165, 1.54) is 25.4 Å². The number of esters is 3. The van der Waals surface area contributed by atoms with Gasteiger partial charge in [-0.1, -0.05) is 0 Å². The minimum Gasteiger partial charge on any atom is -0.463 e. The minimum absolute atomic E-state index is 0.00614. The quantitative estimate of drug-likeness (QED) is 0.0327. The Bertz CT molecular complexity index is 1840. The molecule has 0 aromatic carbocycles. The summed E-state index contributed by atoms with van der Waals surface area (Å²) in [7, 11) is -4.66. The molecule has 0 saturated carbocycles. The van der Waals surface area contributed by atoms with Gasteiger partial charge in [-0.2, -0.15) is 0 Å². The first-order chi connectivity index (χ1) is 29.6. The number of aliphatic hydroxyl groups is 3. The molecule has 0 aliphatic carbocycles. The summed E-state index contributed by atoms with van der Waals surface area (Å²) in [6.07, 6.45) is -9.20. The van der Waals surface area contributed by atoms with Gasteiger partial charge in [0, 0.05) is 51.5 Å². The van der Waals surface area contributed by atoms with Gasteiger partial charge >= 0.3 is 31.1 Å². The monoisotopic (exact) mass is 926 g/mol. The van der Waals surface area contributed by atoms with Crippen molar-refractivity contribution in [3.63, 3.8) is 0 Å². The molecule has 1 aromatic heterocycles. The maximum atomic E-state index is 15.5. The van der Waals surface area contributed by atoms with Crippen molar-refractivity contribution in [3.05, 3.63) is 32.6 Å². The second-order valence-corrected chi connectivity index (χ2v) is 17.6. The Kier molecular flexibility index (Phi) is 21.0. The summed E-state index contributed by atoms with van der Waals surface area (Å²) in [5.74, 6) is -2.65. The molecule has 0 radical (unpaired) electrons. The number of aliphatic hydroxyl groups excluding tert-OH is 3. The van der Waals surface area contributed by atoms with E-state index < -0.39 is 116 Å². The molecule has 10 atom stereocenters. The average Bonchev–Trinajstić information content (AvgIpc) is 3.45. The van der Waals surface area contributed by atoms with Gasteiger partial charge < -0.3 is 67.8 Å². The standard InChI is InChI=1S/C38H63N4O20P/c1-21(2)42(22(3)4)63(52,38(34(49)31(48)28(19-43)62-38)41-18-23(5)35(50)40-37(41)51)58-17-15-55-13-11-53-10-12-54-14-16-56-36-30(39-24(6)44)33(60-27(9)47)32(59-26(8)46)29(61-36)20-57-25(7)45/h18,21-22,28-34,36,43,48-49H,10-17,19-20H2,1-9H3,(H,39,44)(H,40,50,51)/t28-,29-,30-,31-,32+,33-,34-,36-,38+,63?/m1/s1. The van der Waals surface area contributed by atoms with Crippen LogP contribution in [0.15, 0.2) is 15.8 Å². The summed E-state index contributed by atoms with van der Waals surface area (Å²) in [6.45, 7) is 11.5. The highest BCUT2D eigenvalue weighted by molar-refractivity contribution is 7.57. The van der Waals surface area contributed by atoms with E-state index in [1.807, 2.05) is 0 Å². The Labute approximate surface area is 364 Å². The number of carbonyl (C=O) groups excluding carboxylic acids is 4. The molecular weight excluding hydrogens is 863 g/mol. The average molecular weight is 927 g/mol. The fourth-order valence-electron chi connectivity index (χ4n) is 7.25. The number of carbonyl (C=O) groups is 4. The Balaban J connectivity index is 1.57. The number of nitrogens with one attached hydrogen (secondary N) is 2. The number of aromatic nitrogens is 2. The van der Waals surface area contributed by atoms with E-state index in [-0.39, 0.29) is 65.0 Å². The number of ether oxygens (including phenoxy) is 9. The van der Waals surface area contributed by atoms with Crippen LogP contribution < -0.4 is 16.6 Å². The molecule has 2 aliphatic heterocycles. The summed E-state index contributed by atoms with van der Waals surface area (Å²) in [4.78, 5) is 75.4. The lowest BCUT2D eigenvalue weighted by Gasteiger charge is -2.47. The summed E-state index contributed by atoms with van der Waals surface area (Å²) >= 11 is 0. The van der Waals surface area contributed by atoms with Crippen LogP contribution in [0.25, 0.3) is 0 Å². The largest absolute Gasteiger partial charge is 0.463 e. The van der Waals surface area contributed by atoms with Gasteiger partial charge in [0.15, 0.2) is 18.5 Å². The van der Waals surface area contributed by atoms with Gasteiger partial charge in [-0.3, -0.25) is 38.1 Å². The number of nitrogens with zero attached hydrogens (tertiary/aromatic N) is 2. The normalized spacial score (nSPS) is 27.0. The van der Waals surface area contributed by atoms with Crippen molar-refractivity contribution in [1.82, 2.24) is 19.5 Å². The fraction of sp³-hybridized carbons (Fsp3) is 0.789. The van der Waals surface area contributed by atoms with Gasteiger partial charge in [0.2, 0.25) is 5.91 Å². The zero-order chi connectivity index (χ0) is 47.2. The third-order valence-corrected chi connectivity index (χ3v) is 13.1. The highest BCUT2D eigenvalue weighted by Gasteiger charge is 2.69. The summed E-state index contributed by atoms with van der Waals surface area (Å²) in [5.41, 5.74) is -4.44. The van der Waals surface area contributed by atoms with Crippen LogP contribution in [0.4, 0.5) is 0 Å². The molecule has 25 heteroatoms. The van der Waals surface area contributed by atoms with Gasteiger partial charge in [0.05, 0.1) is 59.5 Å². The number of hydrogen-bond acceptors (Lipinski definition) is 20. The molecule has 2 saturated heterocycles. The lowest BCUT2D eigenvalue weighted by Crippen LogP contribution is -2.66. The smallest absolute Gasteiger partial charge is 0.331 e. The van der Waals surface area contributed by atoms with Crippen LogP contribution in [0, 0.1) is 6.92 Å². The predicted molar refractivity (Wildman–Crippen MR) is 216 cm³/mol. The van der Waals surface area contributed by atoms with Crippen molar-refractivity contribution < 1.29 is 86.2 Å². The summed E-state index contributed by atoms with van der Waals surface area (Å²) in [5, 5.41) is 35.1. The zero-order valence-electron chi connectivity index (χ0n) is 37.0. The van der Waals surface area contributed by atoms with E-state index in [2.05, 4.69) is 10.3 Å². The second-order valence-electron chi connectivity index (χ2n) is 15.2. The number of aryl methyl sites for hydroxylation is 1. The third-order valence-electron chi connectivity index (χ3n) is 9.65. The molecule has 3 rings (SSSR count). The van der Waals surface area contributed by atoms with Crippen molar-refractivity contribution in [3.8, 4) is 0 Å². The maximum Gasteiger partial charge on any atom is 0.331 e. The lowest BCUT2D eigenvalue weighted by atomic mass is 9.96. The Morgan fingerprint density at radius 1 is 0.857 bits per heavy atom. The topological polar surface area (TPSA) is 308 Å². The van der Waals surface area contributed by atoms with E-state index >= 15 is 4.57 Å². The SMILES string of the molecule is CC(=O)N[C@H]1[C@H](OCCOCCOCCOCCOP(=O)(N(C(C)C)C(C)C)[C@@]2(n3cc(C)c(=O)[nH]c3=O)O[C@H](CO)[C@@H](O)[C@H]2O)O[C@H](COC(C)=O)[C@H](OC(C)=O)[C@@H]1OC(C)=O. The van der Waals surface area contributed by atoms with Crippen LogP contribution in [0.2, 0.25) is 0 Å². The second kappa shape index (κ2) is 24.6. The highest BCUT2D eigenvalue weighted by atomic mass is 31.2. The fourth-order valence-corrected chi connectivity index (χ4v) is 10.6. The number of H-pyrrole nitrogens is 1. The maximum absolute atomic E-state index is 15.5. The van der Waals surface area contributed by atoms with E-state index in [9.17, 15) is 44.1 Å². The van der Waals surface area contributed by atoms with Crippen LogP contribution in [-0.4, -0.2) is 180 Å². The Morgan fingerprint density at radius 2 is 1.40 bits per heavy atom. The van der Waals surface area contributed by atoms with E-state index in [4.69, 9.17) is 47.2 Å². The first kappa shape index (κ1) is 53.7. The van der Waals surface area contributed by atoms with Crippen molar-refractivity contribution in [2.75, 3.05) is 66.1 Å². The molecule has 2 fully saturated rings. The van der Waals surface area contributed by atoms with Gasteiger partial charge in [0.1, 0.15) is 37.1 Å². The van der Waals surface area contributed by atoms with Gasteiger partial charge in [-0.15, -0.1) is 0 Å². The highest BCUT2D eigenvalue weighted by Crippen LogP contribution is 2.69. The molecule has 0 bridgehead atoms. The van der Waals surface area contributed by atoms with E-state index in [0.717, 1.165) is 24.6 Å². The molecule has 3 heterocycles. The van der Waals surface area contributed by atoms with Gasteiger partial charge in [-0.25, -0.2) is 9.46 Å². The first-order valence-electron chi connectivity index (χ1n) is 20.4. The molecule has 1 amide bonds. The molecule has 0 spiro atoms. The predicted octanol–water partition coefficient (Wildman–Crippen LogP) is -1.38. The van der Waals surface area contributed by atoms with E-state index in [1.54, 1.807) is 27.7 Å². The van der Waals surface area contributed by atoms with Crippen molar-refractivity contribution in [1.29, 1.82) is 0 Å². The Morgan fingerprint density at radius 3 is 1.89 bits per heavy atom. The molecule has 1 aromatic rings. The van der Waals surface area contributed by atoms with Crippen molar-refractivity contribution in [2.45, 2.75) is 129 Å². The molecule has 2 aliphatic rings. The molecule has 5 N–H and O–H groups in total. The molecule has 63 heavy (non-hydrogen) atoms. The summed E-state index contributed by atoms with van der Waals surface area (Å²) < 4.78 is 74.2. The molecule has 1 unspecified atom stereocenters. The van der Waals surface area contributed by atoms with Gasteiger partial charge in [0.25, 0.3) is 11.0 Å². The molecule has 360 valence electrons. The number of amides is 1. The van der Waals surface area contributed by atoms with Crippen LogP contribution in [0.3, 0.4) is 0 Å². The summed E-state index contributed by atoms with van der Waals surface area (Å²) in [6, 6.07) is -2.20. The minimum atomic E-state index is -4.66. The molecule has 24 nitrogen and oxygen atoms in total. The number of aromatic amines is 1. The third kappa shape index (κ3) is 13.7. The van der Waals surface area contributed by atoms with Gasteiger partial charge in [-0.05, 0) is 34.6 Å². The van der Waals surface area contributed by atoms with E-state index in [0.29, 0.717) is 0 Å². The number of hydrogen-bond donors (Lipinski definition) is 5. The molecular formula is C38H63N4O20P. The van der Waals surface area contributed by atoms with Crippen LogP contribution in [-0.2, 0) is 76.4 Å². The van der Waals surface area contributed by atoms with Crippen molar-refractivity contribution in [2.24, 2.45) is 0 Å². The zero-order valence-corrected chi connectivity index (χ0v) is 37.9. The van der Waals surface area contributed by atoms with Crippen LogP contribution in [0.1, 0.15) is 61.0 Å². The Hall–Kier alpha value is -3.65. The lowest BCUT2D eigenvalue weighted by molar-refractivity contribution is -0.279. The van der Waals surface area contributed by atoms with Crippen LogP contribution >= 0.6 is 7.52 Å². The van der Waals surface area contributed by atoms with Crippen LogP contribution in [0.5, 0.6) is 0 Å². The number of rotatable bonds is 25. The van der Waals surface area contributed by atoms with Crippen molar-refractivity contribution >= 4 is 31.3 Å². The first-order valence-corrected chi connectivity index (χ1v) is 22.0.